The Hall–Kier alpha value is -1.37. The number of hydrogen-bond acceptors (Lipinski definition) is 1. The Morgan fingerprint density at radius 2 is 2.00 bits per heavy atom. The fourth-order valence-electron chi connectivity index (χ4n) is 2.26. The van der Waals surface area contributed by atoms with Crippen LogP contribution in [0.1, 0.15) is 37.7 Å². The van der Waals surface area contributed by atoms with Crippen molar-refractivity contribution in [3.63, 3.8) is 0 Å². The van der Waals surface area contributed by atoms with Crippen molar-refractivity contribution < 1.29 is 4.79 Å². The molecule has 1 nitrogen and oxygen atoms in total. The van der Waals surface area contributed by atoms with Crippen LogP contribution in [-0.2, 0) is 10.2 Å². The second-order valence-corrected chi connectivity index (χ2v) is 4.55. The van der Waals surface area contributed by atoms with Crippen LogP contribution in [0.4, 0.5) is 0 Å². The largest absolute Gasteiger partial charge is 0.299 e. The first-order valence-corrected chi connectivity index (χ1v) is 5.99. The molecule has 1 aliphatic carbocycles. The summed E-state index contributed by atoms with van der Waals surface area (Å²) in [6.45, 7) is 3.68. The van der Waals surface area contributed by atoms with Crippen LogP contribution in [0.3, 0.4) is 0 Å². The van der Waals surface area contributed by atoms with Gasteiger partial charge in [-0.2, -0.15) is 0 Å². The number of rotatable bonds is 6. The maximum Gasteiger partial charge on any atom is 0.143 e. The van der Waals surface area contributed by atoms with Gasteiger partial charge in [-0.1, -0.05) is 36.4 Å². The van der Waals surface area contributed by atoms with Gasteiger partial charge in [-0.15, -0.1) is 6.58 Å². The zero-order valence-corrected chi connectivity index (χ0v) is 9.61. The first-order chi connectivity index (χ1) is 7.79. The molecule has 0 amide bonds. The number of Topliss-reactive ketones (excluding diaryl/α,β-unsaturated/α-hetero) is 1. The number of ketones is 1. The average Bonchev–Trinajstić information content (AvgIpc) is 3.12. The van der Waals surface area contributed by atoms with Crippen LogP contribution in [0, 0.1) is 0 Å². The van der Waals surface area contributed by atoms with Crippen LogP contribution in [0.2, 0.25) is 0 Å². The first-order valence-electron chi connectivity index (χ1n) is 5.99. The molecule has 0 N–H and O–H groups in total. The maximum absolute atomic E-state index is 12.2. The molecule has 0 spiro atoms. The van der Waals surface area contributed by atoms with Gasteiger partial charge in [0.1, 0.15) is 5.78 Å². The van der Waals surface area contributed by atoms with Crippen molar-refractivity contribution in [2.45, 2.75) is 37.5 Å². The average molecular weight is 214 g/mol. The van der Waals surface area contributed by atoms with E-state index in [1.54, 1.807) is 0 Å². The molecule has 1 aliphatic rings. The molecule has 0 bridgehead atoms. The van der Waals surface area contributed by atoms with E-state index in [1.807, 2.05) is 24.3 Å². The van der Waals surface area contributed by atoms with Gasteiger partial charge in [-0.25, -0.2) is 0 Å². The fourth-order valence-corrected chi connectivity index (χ4v) is 2.26. The molecule has 0 saturated heterocycles. The van der Waals surface area contributed by atoms with Crippen LogP contribution in [-0.4, -0.2) is 5.78 Å². The topological polar surface area (TPSA) is 17.1 Å². The molecule has 16 heavy (non-hydrogen) atoms. The zero-order valence-electron chi connectivity index (χ0n) is 9.61. The summed E-state index contributed by atoms with van der Waals surface area (Å²) in [4.78, 5) is 12.2. The third-order valence-corrected chi connectivity index (χ3v) is 3.42. The Morgan fingerprint density at radius 3 is 2.56 bits per heavy atom. The summed E-state index contributed by atoms with van der Waals surface area (Å²) in [5, 5.41) is 0. The summed E-state index contributed by atoms with van der Waals surface area (Å²) < 4.78 is 0. The highest BCUT2D eigenvalue weighted by atomic mass is 16.1. The molecular formula is C15H18O. The Labute approximate surface area is 97.2 Å². The summed E-state index contributed by atoms with van der Waals surface area (Å²) in [6.07, 6.45) is 6.53. The zero-order chi connectivity index (χ0) is 11.4. The number of benzene rings is 1. The van der Waals surface area contributed by atoms with E-state index in [4.69, 9.17) is 0 Å². The van der Waals surface area contributed by atoms with Gasteiger partial charge >= 0.3 is 0 Å². The molecule has 1 fully saturated rings. The number of carbonyl (C=O) groups excluding carboxylic acids is 1. The van der Waals surface area contributed by atoms with Crippen molar-refractivity contribution in [3.8, 4) is 0 Å². The lowest BCUT2D eigenvalue weighted by molar-refractivity contribution is -0.121. The monoisotopic (exact) mass is 214 g/mol. The van der Waals surface area contributed by atoms with E-state index in [-0.39, 0.29) is 5.41 Å². The molecule has 2 rings (SSSR count). The molecular weight excluding hydrogens is 196 g/mol. The SMILES string of the molecule is C=CCCCC(=O)C1(c2ccccc2)CC1. The molecule has 0 aromatic heterocycles. The summed E-state index contributed by atoms with van der Waals surface area (Å²) in [5.41, 5.74) is 1.08. The summed E-state index contributed by atoms with van der Waals surface area (Å²) >= 11 is 0. The minimum atomic E-state index is -0.123. The minimum absolute atomic E-state index is 0.123. The smallest absolute Gasteiger partial charge is 0.143 e. The highest BCUT2D eigenvalue weighted by Crippen LogP contribution is 2.49. The van der Waals surface area contributed by atoms with Gasteiger partial charge in [0, 0.05) is 6.42 Å². The van der Waals surface area contributed by atoms with Gasteiger partial charge in [0.25, 0.3) is 0 Å². The predicted molar refractivity (Wildman–Crippen MR) is 66.4 cm³/mol. The molecule has 0 radical (unpaired) electrons. The molecule has 1 aromatic rings. The Morgan fingerprint density at radius 1 is 1.31 bits per heavy atom. The molecule has 1 aromatic carbocycles. The fraction of sp³-hybridized carbons (Fsp3) is 0.400. The van der Waals surface area contributed by atoms with E-state index in [9.17, 15) is 4.79 Å². The van der Waals surface area contributed by atoms with Crippen molar-refractivity contribution in [2.75, 3.05) is 0 Å². The molecule has 0 heterocycles. The summed E-state index contributed by atoms with van der Waals surface area (Å²) in [6, 6.07) is 10.2. The Bertz CT molecular complexity index is 374. The van der Waals surface area contributed by atoms with E-state index < -0.39 is 0 Å². The van der Waals surface area contributed by atoms with E-state index in [0.717, 1.165) is 25.7 Å². The Balaban J connectivity index is 2.03. The van der Waals surface area contributed by atoms with Gasteiger partial charge < -0.3 is 0 Å². The third-order valence-electron chi connectivity index (χ3n) is 3.42. The molecule has 0 aliphatic heterocycles. The second-order valence-electron chi connectivity index (χ2n) is 4.55. The first kappa shape index (κ1) is 11.1. The molecule has 1 saturated carbocycles. The van der Waals surface area contributed by atoms with Crippen molar-refractivity contribution in [2.24, 2.45) is 0 Å². The second kappa shape index (κ2) is 4.65. The van der Waals surface area contributed by atoms with Gasteiger partial charge in [0.05, 0.1) is 5.41 Å². The third kappa shape index (κ3) is 2.08. The normalized spacial score (nSPS) is 16.8. The molecule has 1 heteroatoms. The van der Waals surface area contributed by atoms with Crippen LogP contribution in [0.5, 0.6) is 0 Å². The molecule has 0 atom stereocenters. The van der Waals surface area contributed by atoms with Crippen LogP contribution < -0.4 is 0 Å². The quantitative estimate of drug-likeness (QED) is 0.522. The molecule has 0 unspecified atom stereocenters. The lowest BCUT2D eigenvalue weighted by Gasteiger charge is -2.13. The number of hydrogen-bond donors (Lipinski definition) is 0. The van der Waals surface area contributed by atoms with Gasteiger partial charge in [0.15, 0.2) is 0 Å². The van der Waals surface area contributed by atoms with Crippen LogP contribution in [0.25, 0.3) is 0 Å². The van der Waals surface area contributed by atoms with Crippen molar-refractivity contribution >= 4 is 5.78 Å². The maximum atomic E-state index is 12.2. The van der Waals surface area contributed by atoms with Gasteiger partial charge in [-0.3, -0.25) is 4.79 Å². The van der Waals surface area contributed by atoms with E-state index in [1.165, 1.54) is 5.56 Å². The van der Waals surface area contributed by atoms with E-state index in [0.29, 0.717) is 12.2 Å². The van der Waals surface area contributed by atoms with Crippen molar-refractivity contribution in [3.05, 3.63) is 48.6 Å². The summed E-state index contributed by atoms with van der Waals surface area (Å²) in [7, 11) is 0. The minimum Gasteiger partial charge on any atom is -0.299 e. The number of allylic oxidation sites excluding steroid dienone is 1. The van der Waals surface area contributed by atoms with Crippen LogP contribution in [0.15, 0.2) is 43.0 Å². The lowest BCUT2D eigenvalue weighted by atomic mass is 9.89. The molecule has 84 valence electrons. The van der Waals surface area contributed by atoms with E-state index in [2.05, 4.69) is 18.7 Å². The number of carbonyl (C=O) groups is 1. The number of unbranched alkanes of at least 4 members (excludes halogenated alkanes) is 1. The van der Waals surface area contributed by atoms with Gasteiger partial charge in [-0.05, 0) is 31.2 Å². The highest BCUT2D eigenvalue weighted by molar-refractivity contribution is 5.93. The standard InChI is InChI=1S/C15H18O/c1-2-3-5-10-14(16)15(11-12-15)13-8-6-4-7-9-13/h2,4,6-9H,1,3,5,10-12H2. The van der Waals surface area contributed by atoms with Crippen LogP contribution >= 0.6 is 0 Å². The Kier molecular flexibility index (Phi) is 3.23. The van der Waals surface area contributed by atoms with Crippen molar-refractivity contribution in [1.82, 2.24) is 0 Å². The lowest BCUT2D eigenvalue weighted by Crippen LogP contribution is -2.19. The van der Waals surface area contributed by atoms with Gasteiger partial charge in [0.2, 0.25) is 0 Å². The van der Waals surface area contributed by atoms with E-state index >= 15 is 0 Å². The predicted octanol–water partition coefficient (Wildman–Crippen LogP) is 3.64. The van der Waals surface area contributed by atoms with Crippen molar-refractivity contribution in [1.29, 1.82) is 0 Å². The summed E-state index contributed by atoms with van der Waals surface area (Å²) in [5.74, 6) is 0.417. The highest BCUT2D eigenvalue weighted by Gasteiger charge is 2.49.